The van der Waals surface area contributed by atoms with Crippen LogP contribution in [0.15, 0.2) is 0 Å². The first-order valence-corrected chi connectivity index (χ1v) is 3.30. The lowest BCUT2D eigenvalue weighted by Crippen LogP contribution is -2.40. The Bertz CT molecular complexity index is 127. The predicted molar refractivity (Wildman–Crippen MR) is 39.9 cm³/mol. The number of carbonyl (C=O) groups is 1. The molecule has 0 radical (unpaired) electrons. The van der Waals surface area contributed by atoms with Gasteiger partial charge >= 0.3 is 6.03 Å². The number of likely N-dealkylation sites (N-methyl/N-ethyl adjacent to an activating group) is 1. The van der Waals surface area contributed by atoms with E-state index in [2.05, 4.69) is 10.3 Å². The monoisotopic (exact) mass is 162 g/mol. The average Bonchev–Trinajstić information content (AvgIpc) is 1.86. The second-order valence-corrected chi connectivity index (χ2v) is 2.34. The molecule has 11 heavy (non-hydrogen) atoms. The van der Waals surface area contributed by atoms with Crippen molar-refractivity contribution < 1.29 is 14.7 Å². The van der Waals surface area contributed by atoms with Crippen LogP contribution in [0.2, 0.25) is 0 Å². The van der Waals surface area contributed by atoms with Gasteiger partial charge < -0.3 is 10.0 Å². The van der Waals surface area contributed by atoms with E-state index in [1.54, 1.807) is 14.0 Å². The van der Waals surface area contributed by atoms with Gasteiger partial charge in [0.2, 0.25) is 0 Å². The molecule has 66 valence electrons. The van der Waals surface area contributed by atoms with E-state index in [1.165, 1.54) is 12.0 Å². The molecule has 0 heterocycles. The van der Waals surface area contributed by atoms with Crippen LogP contribution in [0, 0.1) is 0 Å². The molecule has 0 aliphatic carbocycles. The predicted octanol–water partition coefficient (Wildman–Crippen LogP) is -0.430. The minimum Gasteiger partial charge on any atom is -0.392 e. The van der Waals surface area contributed by atoms with Gasteiger partial charge in [0, 0.05) is 13.6 Å². The Morgan fingerprint density at radius 1 is 1.82 bits per heavy atom. The Hall–Kier alpha value is -0.810. The number of hydrogen-bond donors (Lipinski definition) is 2. The number of aliphatic hydroxyl groups is 1. The molecule has 0 aromatic rings. The lowest BCUT2D eigenvalue weighted by atomic mass is 10.4. The number of urea groups is 1. The molecule has 5 nitrogen and oxygen atoms in total. The number of nitrogens with zero attached hydrogens (tertiary/aromatic N) is 1. The van der Waals surface area contributed by atoms with Crippen molar-refractivity contribution >= 4 is 6.03 Å². The first-order valence-electron chi connectivity index (χ1n) is 3.30. The van der Waals surface area contributed by atoms with Crippen molar-refractivity contribution in [2.45, 2.75) is 13.0 Å². The average molecular weight is 162 g/mol. The van der Waals surface area contributed by atoms with Crippen molar-refractivity contribution in [3.8, 4) is 0 Å². The van der Waals surface area contributed by atoms with Gasteiger partial charge in [-0.1, -0.05) is 0 Å². The Kier molecular flexibility index (Phi) is 4.56. The molecule has 0 aromatic carbocycles. The summed E-state index contributed by atoms with van der Waals surface area (Å²) in [6, 6.07) is -0.367. The minimum absolute atomic E-state index is 0.287. The lowest BCUT2D eigenvalue weighted by molar-refractivity contribution is 0.0802. The van der Waals surface area contributed by atoms with Gasteiger partial charge in [0.15, 0.2) is 0 Å². The van der Waals surface area contributed by atoms with Crippen molar-refractivity contribution in [3.05, 3.63) is 0 Å². The molecule has 0 aliphatic heterocycles. The van der Waals surface area contributed by atoms with Crippen molar-refractivity contribution in [2.75, 3.05) is 20.7 Å². The maximum Gasteiger partial charge on any atom is 0.341 e. The fraction of sp³-hybridized carbons (Fsp3) is 0.833. The Morgan fingerprint density at radius 3 is 2.73 bits per heavy atom. The van der Waals surface area contributed by atoms with Gasteiger partial charge in [0.05, 0.1) is 13.2 Å². The van der Waals surface area contributed by atoms with E-state index in [4.69, 9.17) is 5.11 Å². The smallest absolute Gasteiger partial charge is 0.341 e. The summed E-state index contributed by atoms with van der Waals surface area (Å²) in [4.78, 5) is 16.6. The zero-order valence-corrected chi connectivity index (χ0v) is 7.00. The molecule has 0 unspecified atom stereocenters. The fourth-order valence-electron chi connectivity index (χ4n) is 0.644. The number of nitrogens with one attached hydrogen (secondary N) is 1. The van der Waals surface area contributed by atoms with E-state index in [1.807, 2.05) is 0 Å². The molecule has 1 atom stereocenters. The minimum atomic E-state index is -0.525. The summed E-state index contributed by atoms with van der Waals surface area (Å²) in [6.45, 7) is 1.89. The second-order valence-electron chi connectivity index (χ2n) is 2.34. The largest absolute Gasteiger partial charge is 0.392 e. The van der Waals surface area contributed by atoms with Crippen LogP contribution in [0.1, 0.15) is 6.92 Å². The van der Waals surface area contributed by atoms with Crippen LogP contribution in [0.3, 0.4) is 0 Å². The van der Waals surface area contributed by atoms with Gasteiger partial charge in [0.1, 0.15) is 0 Å². The molecule has 0 fully saturated rings. The molecule has 5 heteroatoms. The highest BCUT2D eigenvalue weighted by atomic mass is 16.6. The van der Waals surface area contributed by atoms with Crippen LogP contribution < -0.4 is 5.48 Å². The normalized spacial score (nSPS) is 12.4. The van der Waals surface area contributed by atoms with Crippen LogP contribution in [0.5, 0.6) is 0 Å². The van der Waals surface area contributed by atoms with E-state index in [0.717, 1.165) is 0 Å². The van der Waals surface area contributed by atoms with E-state index < -0.39 is 6.10 Å². The standard InChI is InChI=1S/C6H14N2O3/c1-5(9)4-8(2)6(10)7-11-3/h5,9H,4H2,1-3H3,(H,7,10)/t5-/m1/s1. The maximum absolute atomic E-state index is 10.9. The van der Waals surface area contributed by atoms with Crippen molar-refractivity contribution in [1.29, 1.82) is 0 Å². The molecule has 0 aromatic heterocycles. The molecular weight excluding hydrogens is 148 g/mol. The topological polar surface area (TPSA) is 61.8 Å². The van der Waals surface area contributed by atoms with Crippen molar-refractivity contribution in [1.82, 2.24) is 10.4 Å². The first kappa shape index (κ1) is 10.2. The molecule has 2 N–H and O–H groups in total. The number of carbonyl (C=O) groups excluding carboxylic acids is 1. The molecule has 0 spiro atoms. The van der Waals surface area contributed by atoms with Crippen molar-refractivity contribution in [2.24, 2.45) is 0 Å². The van der Waals surface area contributed by atoms with Gasteiger partial charge in [-0.05, 0) is 6.92 Å². The highest BCUT2D eigenvalue weighted by molar-refractivity contribution is 5.72. The Balaban J connectivity index is 3.64. The van der Waals surface area contributed by atoms with Gasteiger partial charge in [-0.2, -0.15) is 0 Å². The van der Waals surface area contributed by atoms with Crippen LogP contribution in [-0.2, 0) is 4.84 Å². The van der Waals surface area contributed by atoms with Crippen LogP contribution in [-0.4, -0.2) is 42.8 Å². The summed E-state index contributed by atoms with van der Waals surface area (Å²) in [5.74, 6) is 0. The summed E-state index contributed by atoms with van der Waals surface area (Å²) < 4.78 is 0. The van der Waals surface area contributed by atoms with Crippen LogP contribution in [0.25, 0.3) is 0 Å². The number of amides is 2. The molecule has 0 bridgehead atoms. The third kappa shape index (κ3) is 4.58. The van der Waals surface area contributed by atoms with Crippen molar-refractivity contribution in [3.63, 3.8) is 0 Å². The number of aliphatic hydroxyl groups excluding tert-OH is 1. The Labute approximate surface area is 65.9 Å². The fourth-order valence-corrected chi connectivity index (χ4v) is 0.644. The van der Waals surface area contributed by atoms with Gasteiger partial charge in [-0.3, -0.25) is 4.84 Å². The highest BCUT2D eigenvalue weighted by Crippen LogP contribution is 1.87. The Morgan fingerprint density at radius 2 is 2.36 bits per heavy atom. The summed E-state index contributed by atoms with van der Waals surface area (Å²) in [5.41, 5.74) is 2.13. The zero-order chi connectivity index (χ0) is 8.85. The molecule has 0 saturated carbocycles. The van der Waals surface area contributed by atoms with Crippen LogP contribution >= 0.6 is 0 Å². The number of hydrogen-bond acceptors (Lipinski definition) is 3. The highest BCUT2D eigenvalue weighted by Gasteiger charge is 2.08. The molecule has 0 aliphatic rings. The number of hydroxylamine groups is 1. The second kappa shape index (κ2) is 4.92. The SMILES string of the molecule is CONC(=O)N(C)C[C@@H](C)O. The van der Waals surface area contributed by atoms with E-state index in [0.29, 0.717) is 0 Å². The lowest BCUT2D eigenvalue weighted by Gasteiger charge is -2.17. The third-order valence-corrected chi connectivity index (χ3v) is 1.07. The van der Waals surface area contributed by atoms with E-state index in [9.17, 15) is 4.79 Å². The molecular formula is C6H14N2O3. The van der Waals surface area contributed by atoms with E-state index >= 15 is 0 Å². The molecule has 2 amide bonds. The van der Waals surface area contributed by atoms with E-state index in [-0.39, 0.29) is 12.6 Å². The third-order valence-electron chi connectivity index (χ3n) is 1.07. The van der Waals surface area contributed by atoms with Gasteiger partial charge in [-0.15, -0.1) is 0 Å². The van der Waals surface area contributed by atoms with Gasteiger partial charge in [-0.25, -0.2) is 10.3 Å². The molecule has 0 rings (SSSR count). The summed E-state index contributed by atoms with van der Waals surface area (Å²) in [6.07, 6.45) is -0.525. The van der Waals surface area contributed by atoms with Gasteiger partial charge in [0.25, 0.3) is 0 Å². The number of rotatable bonds is 3. The summed E-state index contributed by atoms with van der Waals surface area (Å²) in [5, 5.41) is 8.88. The maximum atomic E-state index is 10.9. The summed E-state index contributed by atoms with van der Waals surface area (Å²) in [7, 11) is 2.93. The first-order chi connectivity index (χ1) is 5.07. The quantitative estimate of drug-likeness (QED) is 0.553. The van der Waals surface area contributed by atoms with Crippen LogP contribution in [0.4, 0.5) is 4.79 Å². The zero-order valence-electron chi connectivity index (χ0n) is 7.00. The molecule has 0 saturated heterocycles. The summed E-state index contributed by atoms with van der Waals surface area (Å²) >= 11 is 0.